The van der Waals surface area contributed by atoms with Gasteiger partial charge in [0.25, 0.3) is 5.92 Å². The fourth-order valence-corrected chi connectivity index (χ4v) is 2.18. The topological polar surface area (TPSA) is 20.2 Å². The number of aliphatic hydroxyl groups is 1. The lowest BCUT2D eigenvalue weighted by atomic mass is 9.78. The van der Waals surface area contributed by atoms with E-state index < -0.39 is 12.0 Å². The van der Waals surface area contributed by atoms with Crippen molar-refractivity contribution in [1.29, 1.82) is 0 Å². The van der Waals surface area contributed by atoms with Gasteiger partial charge in [-0.05, 0) is 24.7 Å². The Bertz CT molecular complexity index is 165. The van der Waals surface area contributed by atoms with Crippen LogP contribution in [0.25, 0.3) is 0 Å². The molecular formula is C10H18F2O. The summed E-state index contributed by atoms with van der Waals surface area (Å²) in [4.78, 5) is 0. The Kier molecular flexibility index (Phi) is 3.28. The van der Waals surface area contributed by atoms with Gasteiger partial charge in [-0.15, -0.1) is 0 Å². The van der Waals surface area contributed by atoms with E-state index in [2.05, 4.69) is 6.92 Å². The molecule has 1 fully saturated rings. The second kappa shape index (κ2) is 3.91. The molecule has 0 saturated heterocycles. The third kappa shape index (κ3) is 2.90. The molecule has 0 aromatic carbocycles. The molecule has 1 aliphatic rings. The van der Waals surface area contributed by atoms with Gasteiger partial charge in [0, 0.05) is 6.92 Å². The second-order valence-corrected chi connectivity index (χ2v) is 4.43. The normalized spacial score (nSPS) is 33.0. The standard InChI is InChI=1S/C10H18F2O/c1-7-4-3-5-8(6-7)9(13)10(2,11)12/h7-9,13H,3-6H2,1-2H3. The fourth-order valence-electron chi connectivity index (χ4n) is 2.18. The minimum absolute atomic E-state index is 0.205. The van der Waals surface area contributed by atoms with Crippen LogP contribution < -0.4 is 0 Å². The average molecular weight is 192 g/mol. The Morgan fingerprint density at radius 3 is 2.46 bits per heavy atom. The SMILES string of the molecule is CC1CCCC(C(O)C(C)(F)F)C1. The van der Waals surface area contributed by atoms with Crippen LogP contribution in [0.1, 0.15) is 39.5 Å². The summed E-state index contributed by atoms with van der Waals surface area (Å²) in [5, 5.41) is 9.38. The lowest BCUT2D eigenvalue weighted by Crippen LogP contribution is -2.38. The van der Waals surface area contributed by atoms with Crippen molar-refractivity contribution in [3.8, 4) is 0 Å². The molecule has 0 spiro atoms. The van der Waals surface area contributed by atoms with E-state index >= 15 is 0 Å². The van der Waals surface area contributed by atoms with Gasteiger partial charge >= 0.3 is 0 Å². The first-order valence-electron chi connectivity index (χ1n) is 4.97. The van der Waals surface area contributed by atoms with Crippen molar-refractivity contribution in [1.82, 2.24) is 0 Å². The van der Waals surface area contributed by atoms with E-state index in [0.29, 0.717) is 5.92 Å². The van der Waals surface area contributed by atoms with E-state index in [0.717, 1.165) is 32.6 Å². The highest BCUT2D eigenvalue weighted by Crippen LogP contribution is 2.35. The highest BCUT2D eigenvalue weighted by molar-refractivity contribution is 4.82. The van der Waals surface area contributed by atoms with E-state index in [9.17, 15) is 13.9 Å². The van der Waals surface area contributed by atoms with E-state index in [4.69, 9.17) is 0 Å². The van der Waals surface area contributed by atoms with E-state index in [1.165, 1.54) is 0 Å². The summed E-state index contributed by atoms with van der Waals surface area (Å²) in [6.07, 6.45) is 2.12. The Labute approximate surface area is 78.1 Å². The van der Waals surface area contributed by atoms with Gasteiger partial charge in [0.15, 0.2) is 0 Å². The van der Waals surface area contributed by atoms with E-state index in [1.807, 2.05) is 0 Å². The minimum Gasteiger partial charge on any atom is -0.387 e. The molecule has 3 heteroatoms. The average Bonchev–Trinajstić information content (AvgIpc) is 2.01. The van der Waals surface area contributed by atoms with Crippen molar-refractivity contribution < 1.29 is 13.9 Å². The van der Waals surface area contributed by atoms with Gasteiger partial charge in [0.1, 0.15) is 6.10 Å². The van der Waals surface area contributed by atoms with Gasteiger partial charge in [0.05, 0.1) is 0 Å². The zero-order valence-corrected chi connectivity index (χ0v) is 8.26. The van der Waals surface area contributed by atoms with Crippen molar-refractivity contribution >= 4 is 0 Å². The molecule has 13 heavy (non-hydrogen) atoms. The molecule has 0 heterocycles. The van der Waals surface area contributed by atoms with Crippen LogP contribution in [0.3, 0.4) is 0 Å². The van der Waals surface area contributed by atoms with Gasteiger partial charge in [-0.25, -0.2) is 8.78 Å². The number of hydrogen-bond acceptors (Lipinski definition) is 1. The first-order valence-corrected chi connectivity index (χ1v) is 4.97. The summed E-state index contributed by atoms with van der Waals surface area (Å²) < 4.78 is 25.6. The molecular weight excluding hydrogens is 174 g/mol. The van der Waals surface area contributed by atoms with Crippen molar-refractivity contribution in [2.45, 2.75) is 51.6 Å². The second-order valence-electron chi connectivity index (χ2n) is 4.43. The predicted molar refractivity (Wildman–Crippen MR) is 47.7 cm³/mol. The molecule has 3 unspecified atom stereocenters. The molecule has 1 aliphatic carbocycles. The van der Waals surface area contributed by atoms with Crippen LogP contribution in [0.2, 0.25) is 0 Å². The Balaban J connectivity index is 2.51. The van der Waals surface area contributed by atoms with Gasteiger partial charge in [0.2, 0.25) is 0 Å². The van der Waals surface area contributed by atoms with Crippen LogP contribution in [0.4, 0.5) is 8.78 Å². The van der Waals surface area contributed by atoms with Crippen LogP contribution in [0.15, 0.2) is 0 Å². The minimum atomic E-state index is -2.94. The van der Waals surface area contributed by atoms with Crippen molar-refractivity contribution in [3.63, 3.8) is 0 Å². The van der Waals surface area contributed by atoms with Gasteiger partial charge in [-0.3, -0.25) is 0 Å². The van der Waals surface area contributed by atoms with Gasteiger partial charge in [-0.1, -0.05) is 19.8 Å². The number of halogens is 2. The smallest absolute Gasteiger partial charge is 0.270 e. The van der Waals surface area contributed by atoms with E-state index in [1.54, 1.807) is 0 Å². The first-order chi connectivity index (χ1) is 5.91. The fraction of sp³-hybridized carbons (Fsp3) is 1.00. The quantitative estimate of drug-likeness (QED) is 0.713. The Morgan fingerprint density at radius 2 is 2.00 bits per heavy atom. The van der Waals surface area contributed by atoms with Crippen molar-refractivity contribution in [3.05, 3.63) is 0 Å². The zero-order valence-electron chi connectivity index (χ0n) is 8.26. The molecule has 3 atom stereocenters. The van der Waals surface area contributed by atoms with Gasteiger partial charge in [-0.2, -0.15) is 0 Å². The summed E-state index contributed by atoms with van der Waals surface area (Å²) in [5.74, 6) is -2.67. The summed E-state index contributed by atoms with van der Waals surface area (Å²) in [6, 6.07) is 0. The Hall–Kier alpha value is -0.180. The number of hydrogen-bond donors (Lipinski definition) is 1. The third-order valence-corrected chi connectivity index (χ3v) is 2.94. The highest BCUT2D eigenvalue weighted by Gasteiger charge is 2.39. The highest BCUT2D eigenvalue weighted by atomic mass is 19.3. The number of aliphatic hydroxyl groups excluding tert-OH is 1. The summed E-state index contributed by atoms with van der Waals surface area (Å²) in [7, 11) is 0. The van der Waals surface area contributed by atoms with Crippen LogP contribution in [0, 0.1) is 11.8 Å². The van der Waals surface area contributed by atoms with Gasteiger partial charge < -0.3 is 5.11 Å². The van der Waals surface area contributed by atoms with Crippen LogP contribution in [-0.4, -0.2) is 17.1 Å². The molecule has 0 aromatic rings. The van der Waals surface area contributed by atoms with Crippen LogP contribution in [-0.2, 0) is 0 Å². The monoisotopic (exact) mass is 192 g/mol. The summed E-state index contributed by atoms with van der Waals surface area (Å²) in [6.45, 7) is 2.86. The first kappa shape index (κ1) is 10.9. The molecule has 0 radical (unpaired) electrons. The summed E-state index contributed by atoms with van der Waals surface area (Å²) >= 11 is 0. The lowest BCUT2D eigenvalue weighted by Gasteiger charge is -2.32. The molecule has 0 aliphatic heterocycles. The molecule has 1 N–H and O–H groups in total. The Morgan fingerprint density at radius 1 is 1.38 bits per heavy atom. The summed E-state index contributed by atoms with van der Waals surface area (Å²) in [5.41, 5.74) is 0. The molecule has 0 aromatic heterocycles. The van der Waals surface area contributed by atoms with E-state index in [-0.39, 0.29) is 5.92 Å². The molecule has 0 amide bonds. The molecule has 1 rings (SSSR count). The largest absolute Gasteiger partial charge is 0.387 e. The maximum atomic E-state index is 12.8. The maximum absolute atomic E-state index is 12.8. The van der Waals surface area contributed by atoms with Crippen LogP contribution in [0.5, 0.6) is 0 Å². The maximum Gasteiger partial charge on any atom is 0.270 e. The molecule has 78 valence electrons. The third-order valence-electron chi connectivity index (χ3n) is 2.94. The molecule has 1 saturated carbocycles. The zero-order chi connectivity index (χ0) is 10.1. The number of alkyl halides is 2. The predicted octanol–water partition coefficient (Wildman–Crippen LogP) is 2.83. The van der Waals surface area contributed by atoms with Crippen molar-refractivity contribution in [2.24, 2.45) is 11.8 Å². The lowest BCUT2D eigenvalue weighted by molar-refractivity contribution is -0.125. The van der Waals surface area contributed by atoms with Crippen molar-refractivity contribution in [2.75, 3.05) is 0 Å². The molecule has 0 bridgehead atoms. The van der Waals surface area contributed by atoms with Crippen LogP contribution >= 0.6 is 0 Å². The number of rotatable bonds is 2. The molecule has 1 nitrogen and oxygen atoms in total.